The van der Waals surface area contributed by atoms with Crippen molar-refractivity contribution >= 4 is 25.6 Å². The van der Waals surface area contributed by atoms with Crippen molar-refractivity contribution in [3.63, 3.8) is 0 Å². The van der Waals surface area contributed by atoms with Gasteiger partial charge in [0.05, 0.1) is 18.1 Å². The third-order valence-corrected chi connectivity index (χ3v) is 9.06. The van der Waals surface area contributed by atoms with Gasteiger partial charge in [0, 0.05) is 0 Å². The van der Waals surface area contributed by atoms with Gasteiger partial charge in [-0.25, -0.2) is 4.79 Å². The van der Waals surface area contributed by atoms with E-state index in [1.54, 1.807) is 13.0 Å². The molecule has 3 nitrogen and oxygen atoms in total. The second kappa shape index (κ2) is 7.26. The largest absolute Gasteiger partial charge is 0.462 e. The zero-order valence-electron chi connectivity index (χ0n) is 13.7. The number of hydrogen-bond acceptors (Lipinski definition) is 4. The summed E-state index contributed by atoms with van der Waals surface area (Å²) in [5, 5.41) is 0.189. The molecular weight excluding hydrogens is 300 g/mol. The van der Waals surface area contributed by atoms with Crippen molar-refractivity contribution in [1.82, 2.24) is 0 Å². The Morgan fingerprint density at radius 1 is 1.33 bits per heavy atom. The number of thiophene rings is 1. The first kappa shape index (κ1) is 18.0. The highest BCUT2D eigenvalue weighted by Gasteiger charge is 2.36. The first-order chi connectivity index (χ1) is 9.67. The summed E-state index contributed by atoms with van der Waals surface area (Å²) in [5.74, 6) is 5.79. The van der Waals surface area contributed by atoms with Crippen LogP contribution < -0.4 is 0 Å². The third-order valence-electron chi connectivity index (χ3n) is 3.61. The standard InChI is InChI=1S/C16H24O3SSi/c1-7-18-15(17)14-11-10-13(20-14)9-8-12-19-21(5,6)16(2,3)4/h10-11H,7,12H2,1-6H3. The van der Waals surface area contributed by atoms with Crippen molar-refractivity contribution in [2.75, 3.05) is 13.2 Å². The molecule has 0 fully saturated rings. The summed E-state index contributed by atoms with van der Waals surface area (Å²) in [6.07, 6.45) is 0. The van der Waals surface area contributed by atoms with E-state index in [0.717, 1.165) is 4.88 Å². The molecule has 0 unspecified atom stereocenters. The first-order valence-electron chi connectivity index (χ1n) is 7.07. The normalized spacial score (nSPS) is 11.7. The molecule has 5 heteroatoms. The van der Waals surface area contributed by atoms with Crippen molar-refractivity contribution in [1.29, 1.82) is 0 Å². The molecule has 0 atom stereocenters. The van der Waals surface area contributed by atoms with E-state index in [1.165, 1.54) is 11.3 Å². The van der Waals surface area contributed by atoms with Crippen molar-refractivity contribution in [3.8, 4) is 11.8 Å². The van der Waals surface area contributed by atoms with Crippen LogP contribution in [0.3, 0.4) is 0 Å². The Morgan fingerprint density at radius 2 is 2.00 bits per heavy atom. The van der Waals surface area contributed by atoms with Gasteiger partial charge >= 0.3 is 5.97 Å². The quantitative estimate of drug-likeness (QED) is 0.470. The van der Waals surface area contributed by atoms with Gasteiger partial charge in [-0.2, -0.15) is 0 Å². The van der Waals surface area contributed by atoms with Crippen LogP contribution in [0.4, 0.5) is 0 Å². The molecule has 0 saturated heterocycles. The summed E-state index contributed by atoms with van der Waals surface area (Å²) < 4.78 is 10.9. The summed E-state index contributed by atoms with van der Waals surface area (Å²) in [4.78, 5) is 13.0. The summed E-state index contributed by atoms with van der Waals surface area (Å²) in [5.41, 5.74) is 0. The minimum absolute atomic E-state index is 0.189. The van der Waals surface area contributed by atoms with Crippen LogP contribution in [0.1, 0.15) is 42.2 Å². The molecule has 0 aromatic carbocycles. The van der Waals surface area contributed by atoms with E-state index in [9.17, 15) is 4.79 Å². The zero-order valence-corrected chi connectivity index (χ0v) is 15.5. The van der Waals surface area contributed by atoms with Crippen molar-refractivity contribution < 1.29 is 14.0 Å². The van der Waals surface area contributed by atoms with E-state index < -0.39 is 8.32 Å². The van der Waals surface area contributed by atoms with Crippen LogP contribution in [0.5, 0.6) is 0 Å². The van der Waals surface area contributed by atoms with Gasteiger partial charge in [-0.1, -0.05) is 32.6 Å². The molecular formula is C16H24O3SSi. The lowest BCUT2D eigenvalue weighted by Gasteiger charge is -2.35. The molecule has 0 N–H and O–H groups in total. The van der Waals surface area contributed by atoms with Gasteiger partial charge < -0.3 is 9.16 Å². The van der Waals surface area contributed by atoms with Gasteiger partial charge in [0.25, 0.3) is 0 Å². The van der Waals surface area contributed by atoms with Crippen LogP contribution in [0.15, 0.2) is 12.1 Å². The van der Waals surface area contributed by atoms with Crippen LogP contribution >= 0.6 is 11.3 Å². The molecule has 0 radical (unpaired) electrons. The van der Waals surface area contributed by atoms with E-state index >= 15 is 0 Å². The summed E-state index contributed by atoms with van der Waals surface area (Å²) in [6.45, 7) is 13.6. The summed E-state index contributed by atoms with van der Waals surface area (Å²) in [7, 11) is -1.74. The predicted molar refractivity (Wildman–Crippen MR) is 90.3 cm³/mol. The fourth-order valence-electron chi connectivity index (χ4n) is 1.27. The number of ether oxygens (including phenoxy) is 1. The highest BCUT2D eigenvalue weighted by atomic mass is 32.1. The predicted octanol–water partition coefficient (Wildman–Crippen LogP) is 4.30. The lowest BCUT2D eigenvalue weighted by Crippen LogP contribution is -2.40. The molecule has 0 saturated carbocycles. The lowest BCUT2D eigenvalue weighted by atomic mass is 10.2. The third kappa shape index (κ3) is 5.31. The molecule has 1 aromatic rings. The van der Waals surface area contributed by atoms with Gasteiger partial charge in [-0.3, -0.25) is 0 Å². The molecule has 0 aliphatic heterocycles. The molecule has 0 aliphatic rings. The highest BCUT2D eigenvalue weighted by Crippen LogP contribution is 2.36. The van der Waals surface area contributed by atoms with Crippen molar-refractivity contribution in [3.05, 3.63) is 21.9 Å². The maximum absolute atomic E-state index is 11.6. The second-order valence-corrected chi connectivity index (χ2v) is 12.1. The number of carbonyl (C=O) groups excluding carboxylic acids is 1. The van der Waals surface area contributed by atoms with Crippen LogP contribution in [0.25, 0.3) is 0 Å². The van der Waals surface area contributed by atoms with E-state index in [1.807, 2.05) is 6.07 Å². The van der Waals surface area contributed by atoms with Crippen LogP contribution in [0.2, 0.25) is 18.1 Å². The smallest absolute Gasteiger partial charge is 0.348 e. The average Bonchev–Trinajstić information content (AvgIpc) is 2.82. The molecule has 0 aliphatic carbocycles. The minimum Gasteiger partial charge on any atom is -0.462 e. The van der Waals surface area contributed by atoms with Gasteiger partial charge in [0.15, 0.2) is 8.32 Å². The molecule has 1 aromatic heterocycles. The van der Waals surface area contributed by atoms with Crippen molar-refractivity contribution in [2.45, 2.75) is 45.8 Å². The van der Waals surface area contributed by atoms with E-state index in [4.69, 9.17) is 9.16 Å². The number of esters is 1. The maximum atomic E-state index is 11.6. The van der Waals surface area contributed by atoms with Gasteiger partial charge in [-0.15, -0.1) is 11.3 Å². The van der Waals surface area contributed by atoms with E-state index in [2.05, 4.69) is 45.7 Å². The number of hydrogen-bond donors (Lipinski definition) is 0. The van der Waals surface area contributed by atoms with Gasteiger partial charge in [-0.05, 0) is 37.2 Å². The Bertz CT molecular complexity index is 544. The first-order valence-corrected chi connectivity index (χ1v) is 10.8. The molecule has 0 bridgehead atoms. The molecule has 21 heavy (non-hydrogen) atoms. The Labute approximate surface area is 132 Å². The molecule has 1 heterocycles. The molecule has 0 spiro atoms. The highest BCUT2D eigenvalue weighted by molar-refractivity contribution is 7.14. The summed E-state index contributed by atoms with van der Waals surface area (Å²) in [6, 6.07) is 3.59. The minimum atomic E-state index is -1.74. The average molecular weight is 325 g/mol. The fraction of sp³-hybridized carbons (Fsp3) is 0.562. The molecule has 116 valence electrons. The Balaban J connectivity index is 2.59. The Morgan fingerprint density at radius 3 is 2.57 bits per heavy atom. The number of carbonyl (C=O) groups is 1. The second-order valence-electron chi connectivity index (χ2n) is 6.24. The summed E-state index contributed by atoms with van der Waals surface area (Å²) >= 11 is 1.35. The monoisotopic (exact) mass is 324 g/mol. The van der Waals surface area contributed by atoms with Gasteiger partial charge in [0.2, 0.25) is 0 Å². The fourth-order valence-corrected chi connectivity index (χ4v) is 2.91. The topological polar surface area (TPSA) is 35.5 Å². The van der Waals surface area contributed by atoms with Crippen LogP contribution in [-0.4, -0.2) is 27.5 Å². The zero-order chi connectivity index (χ0) is 16.1. The van der Waals surface area contributed by atoms with E-state index in [0.29, 0.717) is 18.1 Å². The van der Waals surface area contributed by atoms with E-state index in [-0.39, 0.29) is 11.0 Å². The van der Waals surface area contributed by atoms with Gasteiger partial charge in [0.1, 0.15) is 4.88 Å². The van der Waals surface area contributed by atoms with Crippen LogP contribution in [0, 0.1) is 11.8 Å². The SMILES string of the molecule is CCOC(=O)c1ccc(C#CCO[Si](C)(C)C(C)(C)C)s1. The lowest BCUT2D eigenvalue weighted by molar-refractivity contribution is 0.0532. The Hall–Kier alpha value is -1.09. The van der Waals surface area contributed by atoms with Crippen LogP contribution in [-0.2, 0) is 9.16 Å². The number of rotatable bonds is 4. The Kier molecular flexibility index (Phi) is 6.20. The molecule has 1 rings (SSSR count). The maximum Gasteiger partial charge on any atom is 0.348 e. The van der Waals surface area contributed by atoms with Crippen molar-refractivity contribution in [2.24, 2.45) is 0 Å². The molecule has 0 amide bonds.